The van der Waals surface area contributed by atoms with Crippen molar-refractivity contribution in [2.45, 2.75) is 13.0 Å². The van der Waals surface area contributed by atoms with Gasteiger partial charge in [-0.2, -0.15) is 9.35 Å². The highest BCUT2D eigenvalue weighted by Crippen LogP contribution is 2.56. The first-order chi connectivity index (χ1) is 21.1. The Bertz CT molecular complexity index is 1750. The van der Waals surface area contributed by atoms with E-state index >= 15 is 0 Å². The van der Waals surface area contributed by atoms with E-state index in [0.29, 0.717) is 16.2 Å². The van der Waals surface area contributed by atoms with Crippen molar-refractivity contribution in [1.29, 1.82) is 0 Å². The molecule has 6 rings (SSSR count). The fourth-order valence-electron chi connectivity index (χ4n) is 5.53. The Morgan fingerprint density at radius 1 is 0.841 bits per heavy atom. The predicted molar refractivity (Wildman–Crippen MR) is 173 cm³/mol. The molecule has 2 bridgehead atoms. The molecule has 1 aromatic heterocycles. The van der Waals surface area contributed by atoms with E-state index in [1.54, 1.807) is 25.4 Å². The van der Waals surface area contributed by atoms with Gasteiger partial charge in [-0.1, -0.05) is 66.7 Å². The highest BCUT2D eigenvalue weighted by Gasteiger charge is 2.44. The molecule has 1 saturated heterocycles. The third kappa shape index (κ3) is 6.44. The van der Waals surface area contributed by atoms with Crippen molar-refractivity contribution in [3.8, 4) is 0 Å². The monoisotopic (exact) mass is 629 g/mol. The van der Waals surface area contributed by atoms with Crippen LogP contribution in [0, 0.1) is 0 Å². The molecule has 3 aromatic carbocycles. The number of pyridine rings is 1. The van der Waals surface area contributed by atoms with Gasteiger partial charge in [-0.3, -0.25) is 4.79 Å². The van der Waals surface area contributed by atoms with Crippen molar-refractivity contribution in [1.82, 2.24) is 14.5 Å². The molecule has 226 valence electrons. The van der Waals surface area contributed by atoms with E-state index in [2.05, 4.69) is 114 Å². The van der Waals surface area contributed by atoms with Crippen molar-refractivity contribution in [2.24, 2.45) is 7.05 Å². The molecule has 1 unspecified atom stereocenters. The van der Waals surface area contributed by atoms with Crippen molar-refractivity contribution in [3.63, 3.8) is 0 Å². The molecule has 1 fully saturated rings. The SMILES string of the molecule is C/C=C\[P+](c1ccccc1)(c1ccccc1)c1ccccc1.Cn1cc(C2=CCN3CC2N(OS(=O)(=O)[O-])C3=O)ccc1=O. The van der Waals surface area contributed by atoms with E-state index in [1.165, 1.54) is 31.4 Å². The second kappa shape index (κ2) is 13.1. The van der Waals surface area contributed by atoms with Gasteiger partial charge in [-0.05, 0) is 60.5 Å². The third-order valence-corrected chi connectivity index (χ3v) is 11.9. The topological polar surface area (TPSA) is 112 Å². The van der Waals surface area contributed by atoms with Gasteiger partial charge >= 0.3 is 6.03 Å². The van der Waals surface area contributed by atoms with Gasteiger partial charge in [-0.25, -0.2) is 13.2 Å². The second-order valence-electron chi connectivity index (χ2n) is 10.3. The third-order valence-electron chi connectivity index (χ3n) is 7.48. The number of nitrogens with zero attached hydrogens (tertiary/aromatic N) is 3. The Labute approximate surface area is 257 Å². The first-order valence-corrected chi connectivity index (χ1v) is 17.1. The molecule has 4 aromatic rings. The van der Waals surface area contributed by atoms with Crippen molar-refractivity contribution in [2.75, 3.05) is 13.1 Å². The zero-order valence-corrected chi connectivity index (χ0v) is 26.0. The summed E-state index contributed by atoms with van der Waals surface area (Å²) in [4.78, 5) is 24.8. The number of benzene rings is 3. The number of carbonyl (C=O) groups excluding carboxylic acids is 1. The molecule has 9 nitrogen and oxygen atoms in total. The Kier molecular flexibility index (Phi) is 9.27. The van der Waals surface area contributed by atoms with E-state index in [1.807, 2.05) is 0 Å². The molecule has 0 aliphatic carbocycles. The summed E-state index contributed by atoms with van der Waals surface area (Å²) >= 11 is 0. The lowest BCUT2D eigenvalue weighted by Crippen LogP contribution is -2.36. The van der Waals surface area contributed by atoms with Crippen molar-refractivity contribution in [3.05, 3.63) is 143 Å². The molecule has 1 atom stereocenters. The van der Waals surface area contributed by atoms with Gasteiger partial charge in [0.05, 0.1) is 12.4 Å². The molecular weight excluding hydrogens is 597 g/mol. The normalized spacial score (nSPS) is 16.5. The van der Waals surface area contributed by atoms with E-state index in [0.717, 1.165) is 0 Å². The molecule has 0 N–H and O–H groups in total. The van der Waals surface area contributed by atoms with Crippen molar-refractivity contribution < 1.29 is 22.0 Å². The van der Waals surface area contributed by atoms with Crippen LogP contribution in [0.3, 0.4) is 0 Å². The van der Waals surface area contributed by atoms with Gasteiger partial charge in [0.25, 0.3) is 0 Å². The summed E-state index contributed by atoms with van der Waals surface area (Å²) in [5, 5.41) is 4.76. The van der Waals surface area contributed by atoms with Crippen LogP contribution >= 0.6 is 7.26 Å². The van der Waals surface area contributed by atoms with Crippen LogP contribution in [-0.2, 0) is 21.7 Å². The zero-order chi connectivity index (χ0) is 31.3. The van der Waals surface area contributed by atoms with Crippen LogP contribution in [0.2, 0.25) is 0 Å². The Morgan fingerprint density at radius 2 is 1.36 bits per heavy atom. The standard InChI is InChI=1S/C21H20P.C12H13N3O6S/c1-2-18-22(19-12-6-3-7-13-19,20-14-8-4-9-15-20)21-16-10-5-11-17-21;1-13-6-8(2-3-11(13)16)9-4-5-14-7-10(9)15(12(14)17)21-22(18,19)20/h2-18H,1H3;2-4,6,10H,5,7H2,1H3,(H,18,19,20)/q+1;/p-1/b18-2-;. The van der Waals surface area contributed by atoms with Gasteiger partial charge in [0.15, 0.2) is 0 Å². The van der Waals surface area contributed by atoms with Gasteiger partial charge in [-0.15, -0.1) is 0 Å². The molecular formula is C33H32N3O6PS. The minimum atomic E-state index is -5.05. The number of fused-ring (bicyclic) bond motifs is 2. The minimum absolute atomic E-state index is 0.195. The van der Waals surface area contributed by atoms with Crippen LogP contribution in [0.15, 0.2) is 132 Å². The number of carbonyl (C=O) groups is 1. The maximum atomic E-state index is 12.0. The minimum Gasteiger partial charge on any atom is -0.724 e. The number of allylic oxidation sites excluding steroid dienone is 1. The van der Waals surface area contributed by atoms with Crippen LogP contribution in [-0.4, -0.2) is 52.7 Å². The molecule has 0 radical (unpaired) electrons. The first-order valence-electron chi connectivity index (χ1n) is 13.9. The summed E-state index contributed by atoms with van der Waals surface area (Å²) < 4.78 is 38.1. The number of urea groups is 1. The average Bonchev–Trinajstić information content (AvgIpc) is 3.26. The summed E-state index contributed by atoms with van der Waals surface area (Å²) in [6, 6.07) is 34.2. The Morgan fingerprint density at radius 3 is 1.82 bits per heavy atom. The Balaban J connectivity index is 0.000000175. The van der Waals surface area contributed by atoms with E-state index < -0.39 is 29.7 Å². The molecule has 11 heteroatoms. The van der Waals surface area contributed by atoms with Gasteiger partial charge in [0, 0.05) is 25.9 Å². The number of aromatic nitrogens is 1. The molecule has 0 spiro atoms. The highest BCUT2D eigenvalue weighted by molar-refractivity contribution is 7.98. The maximum absolute atomic E-state index is 12.0. The lowest BCUT2D eigenvalue weighted by molar-refractivity contribution is -0.0171. The number of rotatable bonds is 7. The highest BCUT2D eigenvalue weighted by atomic mass is 32.3. The van der Waals surface area contributed by atoms with Gasteiger partial charge in [0.2, 0.25) is 16.0 Å². The summed E-state index contributed by atoms with van der Waals surface area (Å²) in [6.07, 6.45) is 5.52. The first kappa shape index (κ1) is 31.1. The molecule has 0 saturated carbocycles. The summed E-state index contributed by atoms with van der Waals surface area (Å²) in [7, 11) is -5.21. The fourth-order valence-corrected chi connectivity index (χ4v) is 9.68. The van der Waals surface area contributed by atoms with Gasteiger partial charge < -0.3 is 14.0 Å². The van der Waals surface area contributed by atoms with Crippen LogP contribution in [0.1, 0.15) is 12.5 Å². The smallest absolute Gasteiger partial charge is 0.346 e. The Hall–Kier alpha value is -4.34. The maximum Gasteiger partial charge on any atom is 0.346 e. The summed E-state index contributed by atoms with van der Waals surface area (Å²) in [6.45, 7) is 2.60. The van der Waals surface area contributed by atoms with Crippen LogP contribution in [0.5, 0.6) is 0 Å². The largest absolute Gasteiger partial charge is 0.724 e. The van der Waals surface area contributed by atoms with E-state index in [4.69, 9.17) is 0 Å². The molecule has 44 heavy (non-hydrogen) atoms. The quantitative estimate of drug-likeness (QED) is 0.175. The fraction of sp³-hybridized carbons (Fsp3) is 0.152. The van der Waals surface area contributed by atoms with Crippen LogP contribution < -0.4 is 21.5 Å². The molecule has 2 aliphatic rings. The number of amides is 2. The number of hydrogen-bond donors (Lipinski definition) is 0. The zero-order valence-electron chi connectivity index (χ0n) is 24.3. The second-order valence-corrected chi connectivity index (χ2v) is 14.5. The van der Waals surface area contributed by atoms with Gasteiger partial charge in [0.1, 0.15) is 29.2 Å². The van der Waals surface area contributed by atoms with Crippen LogP contribution in [0.25, 0.3) is 5.57 Å². The predicted octanol–water partition coefficient (Wildman–Crippen LogP) is 3.79. The molecule has 2 aliphatic heterocycles. The van der Waals surface area contributed by atoms with E-state index in [9.17, 15) is 22.6 Å². The van der Waals surface area contributed by atoms with Crippen molar-refractivity contribution >= 4 is 45.2 Å². The number of hydrogen-bond acceptors (Lipinski definition) is 6. The average molecular weight is 630 g/mol. The number of hydroxylamine groups is 2. The molecule has 3 heterocycles. The van der Waals surface area contributed by atoms with E-state index in [-0.39, 0.29) is 18.6 Å². The lowest BCUT2D eigenvalue weighted by Gasteiger charge is -2.25. The lowest BCUT2D eigenvalue weighted by atomic mass is 9.97. The van der Waals surface area contributed by atoms with Crippen LogP contribution in [0.4, 0.5) is 4.79 Å². The summed E-state index contributed by atoms with van der Waals surface area (Å²) in [5.41, 5.74) is 1.08. The summed E-state index contributed by atoms with van der Waals surface area (Å²) in [5.74, 6) is 2.41. The molecule has 2 amide bonds. The number of aryl methyl sites for hydroxylation is 1.